The van der Waals surface area contributed by atoms with Gasteiger partial charge in [-0.1, -0.05) is 35.3 Å². The fraction of sp³-hybridized carbons (Fsp3) is 0.455. The van der Waals surface area contributed by atoms with E-state index in [0.717, 1.165) is 32.2 Å². The van der Waals surface area contributed by atoms with Gasteiger partial charge in [0.2, 0.25) is 0 Å². The van der Waals surface area contributed by atoms with Crippen molar-refractivity contribution >= 4 is 50.7 Å². The van der Waals surface area contributed by atoms with Crippen LogP contribution in [-0.2, 0) is 0 Å². The average molecular weight is 659 g/mol. The van der Waals surface area contributed by atoms with Crippen LogP contribution in [0.25, 0.3) is 32.8 Å². The van der Waals surface area contributed by atoms with Crippen molar-refractivity contribution in [1.82, 2.24) is 20.2 Å². The number of hydrogen-bond donors (Lipinski definition) is 2. The molecule has 1 aromatic heterocycles. The third kappa shape index (κ3) is 4.70. The minimum absolute atomic E-state index is 0.0303. The number of rotatable bonds is 5. The van der Waals surface area contributed by atoms with E-state index in [2.05, 4.69) is 27.0 Å². The van der Waals surface area contributed by atoms with E-state index < -0.39 is 28.9 Å². The zero-order valence-corrected chi connectivity index (χ0v) is 26.2. The van der Waals surface area contributed by atoms with Gasteiger partial charge in [0.15, 0.2) is 5.82 Å². The van der Waals surface area contributed by atoms with Crippen molar-refractivity contribution in [2.45, 2.75) is 62.3 Å². The first-order valence-corrected chi connectivity index (χ1v) is 16.1. The first-order valence-electron chi connectivity index (χ1n) is 15.4. The lowest BCUT2D eigenvalue weighted by Gasteiger charge is -2.40. The number of halogens is 5. The van der Waals surface area contributed by atoms with Crippen molar-refractivity contribution in [2.24, 2.45) is 0 Å². The summed E-state index contributed by atoms with van der Waals surface area (Å²) >= 11 is 12.9. The second-order valence-electron chi connectivity index (χ2n) is 13.4. The largest absolute Gasteiger partial charge is 0.506 e. The lowest BCUT2D eigenvalue weighted by Crippen LogP contribution is -2.58. The number of benzene rings is 3. The van der Waals surface area contributed by atoms with Gasteiger partial charge in [-0.05, 0) is 57.4 Å². The fourth-order valence-corrected chi connectivity index (χ4v) is 8.74. The zero-order valence-electron chi connectivity index (χ0n) is 24.6. The van der Waals surface area contributed by atoms with Crippen molar-refractivity contribution < 1.29 is 23.0 Å². The number of nitrogens with zero attached hydrogens (tertiary/aromatic N) is 4. The van der Waals surface area contributed by atoms with Gasteiger partial charge >= 0.3 is 6.01 Å². The molecule has 5 heterocycles. The molecule has 8 rings (SSSR count). The van der Waals surface area contributed by atoms with Crippen LogP contribution in [0.5, 0.6) is 11.8 Å². The molecule has 45 heavy (non-hydrogen) atoms. The number of phenols is 1. The molecule has 236 valence electrons. The van der Waals surface area contributed by atoms with E-state index in [4.69, 9.17) is 32.9 Å². The lowest BCUT2D eigenvalue weighted by atomic mass is 9.95. The van der Waals surface area contributed by atoms with Gasteiger partial charge in [0.1, 0.15) is 35.7 Å². The molecule has 0 amide bonds. The van der Waals surface area contributed by atoms with E-state index in [1.165, 1.54) is 12.1 Å². The highest BCUT2D eigenvalue weighted by Gasteiger charge is 2.49. The van der Waals surface area contributed by atoms with Gasteiger partial charge in [-0.3, -0.25) is 4.90 Å². The Kier molecular flexibility index (Phi) is 6.84. The first-order chi connectivity index (χ1) is 21.5. The molecule has 4 fully saturated rings. The van der Waals surface area contributed by atoms with Crippen LogP contribution in [-0.4, -0.2) is 76.1 Å². The standard InChI is InChI=1S/C33H32Cl2F3N5O2/c1-32-8-6-18(41-32)14-42(15-32)30-21-10-23(37)26(20-11-24(44)27(35)19-4-2-5-22(34)25(19)20)28(38)29(21)39-31(40-30)45-16-33-7-3-9-43(33)13-17(36)12-33/h2,4-5,10-11,17-18,41,44H,3,6-9,12-16H2,1H3/t17-,18-,32+,33+/m1/s1. The molecule has 3 aromatic carbocycles. The van der Waals surface area contributed by atoms with Crippen LogP contribution in [0, 0.1) is 11.6 Å². The smallest absolute Gasteiger partial charge is 0.319 e. The van der Waals surface area contributed by atoms with Crippen LogP contribution in [0.4, 0.5) is 19.0 Å². The third-order valence-electron chi connectivity index (χ3n) is 10.2. The summed E-state index contributed by atoms with van der Waals surface area (Å²) in [6, 6.07) is 7.51. The van der Waals surface area contributed by atoms with E-state index in [9.17, 15) is 9.50 Å². The Morgan fingerprint density at radius 2 is 1.98 bits per heavy atom. The van der Waals surface area contributed by atoms with Gasteiger partial charge in [-0.25, -0.2) is 13.2 Å². The average Bonchev–Trinajstić information content (AvgIpc) is 3.62. The minimum atomic E-state index is -0.934. The highest BCUT2D eigenvalue weighted by Crippen LogP contribution is 2.46. The number of alkyl halides is 1. The van der Waals surface area contributed by atoms with Crippen LogP contribution < -0.4 is 15.0 Å². The summed E-state index contributed by atoms with van der Waals surface area (Å²) in [6.45, 7) is 4.68. The van der Waals surface area contributed by atoms with Crippen LogP contribution in [0.15, 0.2) is 30.3 Å². The summed E-state index contributed by atoms with van der Waals surface area (Å²) < 4.78 is 53.8. The SMILES string of the molecule is C[C@]12CC[C@H](CN(c3nc(OC[C@@]45CCCN4C[C@H](F)C5)nc4c(F)c(-c5cc(O)c(Cl)c6cccc(Cl)c56)c(F)cc34)C1)N2. The Labute approximate surface area is 268 Å². The fourth-order valence-electron chi connectivity index (χ4n) is 8.25. The monoisotopic (exact) mass is 657 g/mol. The van der Waals surface area contributed by atoms with Crippen molar-refractivity contribution in [3.8, 4) is 22.9 Å². The lowest BCUT2D eigenvalue weighted by molar-refractivity contribution is 0.107. The number of nitrogens with one attached hydrogen (secondary N) is 1. The number of fused-ring (bicyclic) bond motifs is 5. The molecule has 0 spiro atoms. The zero-order chi connectivity index (χ0) is 31.2. The number of phenolic OH excluding ortho intramolecular Hbond substituents is 1. The molecule has 4 aliphatic rings. The Morgan fingerprint density at radius 1 is 1.13 bits per heavy atom. The predicted octanol–water partition coefficient (Wildman–Crippen LogP) is 7.03. The van der Waals surface area contributed by atoms with E-state index in [0.29, 0.717) is 42.6 Å². The molecule has 0 unspecified atom stereocenters. The Morgan fingerprint density at radius 3 is 2.80 bits per heavy atom. The first kappa shape index (κ1) is 29.4. The van der Waals surface area contributed by atoms with Gasteiger partial charge in [-0.2, -0.15) is 9.97 Å². The molecular weight excluding hydrogens is 626 g/mol. The summed E-state index contributed by atoms with van der Waals surface area (Å²) in [5.74, 6) is -1.74. The van der Waals surface area contributed by atoms with Crippen LogP contribution in [0.2, 0.25) is 10.0 Å². The highest BCUT2D eigenvalue weighted by atomic mass is 35.5. The molecular formula is C33H32Cl2F3N5O2. The van der Waals surface area contributed by atoms with Crippen molar-refractivity contribution in [3.63, 3.8) is 0 Å². The van der Waals surface area contributed by atoms with Gasteiger partial charge in [0.25, 0.3) is 0 Å². The number of ether oxygens (including phenoxy) is 1. The molecule has 4 aromatic rings. The van der Waals surface area contributed by atoms with E-state index in [1.54, 1.807) is 18.2 Å². The summed E-state index contributed by atoms with van der Waals surface area (Å²) in [4.78, 5) is 13.5. The minimum Gasteiger partial charge on any atom is -0.506 e. The molecule has 7 nitrogen and oxygen atoms in total. The molecule has 2 bridgehead atoms. The normalized spacial score (nSPS) is 28.0. The van der Waals surface area contributed by atoms with Crippen molar-refractivity contribution in [1.29, 1.82) is 0 Å². The summed E-state index contributed by atoms with van der Waals surface area (Å²) in [5, 5.41) is 15.4. The molecule has 0 saturated carbocycles. The Hall–Kier alpha value is -3.05. The van der Waals surface area contributed by atoms with Gasteiger partial charge in [0, 0.05) is 64.4 Å². The van der Waals surface area contributed by atoms with Crippen molar-refractivity contribution in [2.75, 3.05) is 37.7 Å². The quantitative estimate of drug-likeness (QED) is 0.239. The second kappa shape index (κ2) is 10.5. The molecule has 4 atom stereocenters. The van der Waals surface area contributed by atoms with Gasteiger partial charge in [-0.15, -0.1) is 0 Å². The molecule has 4 saturated heterocycles. The van der Waals surface area contributed by atoms with Gasteiger partial charge in [0.05, 0.1) is 16.1 Å². The topological polar surface area (TPSA) is 73.8 Å². The summed E-state index contributed by atoms with van der Waals surface area (Å²) in [7, 11) is 0. The van der Waals surface area contributed by atoms with Crippen molar-refractivity contribution in [3.05, 3.63) is 52.0 Å². The maximum Gasteiger partial charge on any atom is 0.319 e. The highest BCUT2D eigenvalue weighted by molar-refractivity contribution is 6.41. The van der Waals surface area contributed by atoms with Gasteiger partial charge < -0.3 is 20.1 Å². The van der Waals surface area contributed by atoms with E-state index >= 15 is 8.78 Å². The molecule has 2 N–H and O–H groups in total. The number of aromatic hydroxyl groups is 1. The number of hydrogen-bond acceptors (Lipinski definition) is 7. The molecule has 0 radical (unpaired) electrons. The number of anilines is 1. The third-order valence-corrected chi connectivity index (χ3v) is 11.0. The molecule has 4 aliphatic heterocycles. The molecule has 12 heteroatoms. The molecule has 0 aliphatic carbocycles. The van der Waals surface area contributed by atoms with E-state index in [-0.39, 0.29) is 56.5 Å². The predicted molar refractivity (Wildman–Crippen MR) is 169 cm³/mol. The summed E-state index contributed by atoms with van der Waals surface area (Å²) in [5.41, 5.74) is -1.09. The van der Waals surface area contributed by atoms with Crippen LogP contribution in [0.3, 0.4) is 0 Å². The maximum absolute atomic E-state index is 16.8. The summed E-state index contributed by atoms with van der Waals surface area (Å²) in [6.07, 6.45) is 3.14. The van der Waals surface area contributed by atoms with Crippen LogP contribution in [0.1, 0.15) is 39.0 Å². The Balaban J connectivity index is 1.30. The van der Waals surface area contributed by atoms with E-state index in [1.807, 2.05) is 0 Å². The second-order valence-corrected chi connectivity index (χ2v) is 14.2. The maximum atomic E-state index is 16.8. The number of aromatic nitrogens is 2. The Bertz CT molecular complexity index is 1880. The number of piperazine rings is 1. The van der Waals surface area contributed by atoms with Crippen LogP contribution >= 0.6 is 23.2 Å².